The highest BCUT2D eigenvalue weighted by Crippen LogP contribution is 2.48. The number of aliphatic hydroxyl groups excluding tert-OH is 2. The van der Waals surface area contributed by atoms with Crippen molar-refractivity contribution in [2.24, 2.45) is 11.8 Å². The molecule has 0 aromatic heterocycles. The van der Waals surface area contributed by atoms with Crippen molar-refractivity contribution >= 4 is 12.2 Å². The van der Waals surface area contributed by atoms with Gasteiger partial charge in [0.15, 0.2) is 0 Å². The minimum atomic E-state index is -0.454. The summed E-state index contributed by atoms with van der Waals surface area (Å²) in [5.74, 6) is 1.21. The zero-order chi connectivity index (χ0) is 22.4. The Morgan fingerprint density at radius 1 is 0.733 bits per heavy atom. The Labute approximate surface area is 179 Å². The zero-order valence-corrected chi connectivity index (χ0v) is 19.1. The molecule has 4 rings (SSSR count). The molecule has 8 heteroatoms. The molecule has 2 saturated carbocycles. The van der Waals surface area contributed by atoms with Gasteiger partial charge in [0.1, 0.15) is 11.2 Å². The number of carbonyl (C=O) groups excluding carboxylic acids is 2. The Morgan fingerprint density at radius 3 is 1.33 bits per heavy atom. The Kier molecular flexibility index (Phi) is 6.31. The minimum Gasteiger partial charge on any atom is -0.444 e. The standard InChI is InChI=1S/2C11H19NO3/c2*1-11(2,3)15-10(14)12-8(6-13)4-7-5-9(7)12/h2*7-9,13H,4-6H2,1-3H3/t7-,8+,9+;7-,8-,9+/m10/s1. The molecule has 2 aliphatic carbocycles. The van der Waals surface area contributed by atoms with E-state index in [1.54, 1.807) is 9.80 Å². The molecule has 2 saturated heterocycles. The van der Waals surface area contributed by atoms with Crippen molar-refractivity contribution in [3.05, 3.63) is 0 Å². The maximum atomic E-state index is 11.9. The van der Waals surface area contributed by atoms with E-state index in [9.17, 15) is 19.8 Å². The van der Waals surface area contributed by atoms with E-state index in [4.69, 9.17) is 9.47 Å². The topological polar surface area (TPSA) is 99.5 Å². The van der Waals surface area contributed by atoms with Crippen LogP contribution in [-0.4, -0.2) is 80.8 Å². The van der Waals surface area contributed by atoms with Crippen LogP contribution in [0.1, 0.15) is 67.2 Å². The van der Waals surface area contributed by atoms with Gasteiger partial charge in [-0.05, 0) is 79.1 Å². The normalized spacial score (nSPS) is 33.9. The molecule has 0 aromatic carbocycles. The lowest BCUT2D eigenvalue weighted by Crippen LogP contribution is -2.43. The monoisotopic (exact) mass is 426 g/mol. The van der Waals surface area contributed by atoms with Gasteiger partial charge in [0.05, 0.1) is 25.3 Å². The highest BCUT2D eigenvalue weighted by Gasteiger charge is 2.55. The average molecular weight is 427 g/mol. The molecule has 2 aliphatic heterocycles. The highest BCUT2D eigenvalue weighted by atomic mass is 16.6. The van der Waals surface area contributed by atoms with Crippen LogP contribution in [0.3, 0.4) is 0 Å². The van der Waals surface area contributed by atoms with Gasteiger partial charge < -0.3 is 19.7 Å². The van der Waals surface area contributed by atoms with Crippen LogP contribution >= 0.6 is 0 Å². The molecule has 172 valence electrons. The lowest BCUT2D eigenvalue weighted by molar-refractivity contribution is 0.0117. The number of aliphatic hydroxyl groups is 2. The van der Waals surface area contributed by atoms with Gasteiger partial charge in [-0.25, -0.2) is 9.59 Å². The Morgan fingerprint density at radius 2 is 1.07 bits per heavy atom. The van der Waals surface area contributed by atoms with Gasteiger partial charge >= 0.3 is 12.2 Å². The van der Waals surface area contributed by atoms with E-state index < -0.39 is 11.2 Å². The number of rotatable bonds is 2. The van der Waals surface area contributed by atoms with Crippen molar-refractivity contribution in [2.75, 3.05) is 13.2 Å². The van der Waals surface area contributed by atoms with E-state index in [1.165, 1.54) is 0 Å². The number of hydrogen-bond donors (Lipinski definition) is 2. The van der Waals surface area contributed by atoms with Crippen LogP contribution < -0.4 is 0 Å². The van der Waals surface area contributed by atoms with Gasteiger partial charge in [0.2, 0.25) is 0 Å². The molecule has 0 bridgehead atoms. The van der Waals surface area contributed by atoms with Gasteiger partial charge in [-0.3, -0.25) is 9.80 Å². The first kappa shape index (κ1) is 23.1. The summed E-state index contributed by atoms with van der Waals surface area (Å²) < 4.78 is 10.7. The third kappa shape index (κ3) is 5.38. The van der Waals surface area contributed by atoms with Crippen LogP contribution in [0.4, 0.5) is 9.59 Å². The maximum Gasteiger partial charge on any atom is 0.410 e. The first-order valence-electron chi connectivity index (χ1n) is 11.1. The van der Waals surface area contributed by atoms with Gasteiger partial charge in [0, 0.05) is 12.1 Å². The van der Waals surface area contributed by atoms with E-state index >= 15 is 0 Å². The lowest BCUT2D eigenvalue weighted by atomic mass is 10.2. The summed E-state index contributed by atoms with van der Waals surface area (Å²) in [4.78, 5) is 27.2. The van der Waals surface area contributed by atoms with Crippen molar-refractivity contribution in [1.29, 1.82) is 0 Å². The molecule has 0 radical (unpaired) electrons. The number of hydrogen-bond acceptors (Lipinski definition) is 6. The van der Waals surface area contributed by atoms with Gasteiger partial charge in [-0.2, -0.15) is 0 Å². The molecular weight excluding hydrogens is 388 g/mol. The van der Waals surface area contributed by atoms with E-state index in [0.717, 1.165) is 25.7 Å². The average Bonchev–Trinajstić information content (AvgIpc) is 3.47. The number of piperidine rings is 2. The van der Waals surface area contributed by atoms with Crippen molar-refractivity contribution in [3.63, 3.8) is 0 Å². The predicted molar refractivity (Wildman–Crippen MR) is 111 cm³/mol. The predicted octanol–water partition coefficient (Wildman–Crippen LogP) is 2.75. The fraction of sp³-hybridized carbons (Fsp3) is 0.909. The molecule has 2 heterocycles. The number of amides is 2. The number of nitrogens with zero attached hydrogens (tertiary/aromatic N) is 2. The third-order valence-electron chi connectivity index (χ3n) is 6.05. The number of fused-ring (bicyclic) bond motifs is 2. The summed E-state index contributed by atoms with van der Waals surface area (Å²) in [6.45, 7) is 11.3. The molecule has 6 atom stereocenters. The molecule has 4 aliphatic rings. The van der Waals surface area contributed by atoms with E-state index in [-0.39, 0.29) is 37.5 Å². The maximum absolute atomic E-state index is 11.9. The fourth-order valence-corrected chi connectivity index (χ4v) is 4.64. The van der Waals surface area contributed by atoms with Crippen molar-refractivity contribution in [2.45, 2.75) is 103 Å². The summed E-state index contributed by atoms with van der Waals surface area (Å²) in [6.07, 6.45) is 3.48. The number of carbonyl (C=O) groups is 2. The largest absolute Gasteiger partial charge is 0.444 e. The summed E-state index contributed by atoms with van der Waals surface area (Å²) in [7, 11) is 0. The summed E-state index contributed by atoms with van der Waals surface area (Å²) >= 11 is 0. The summed E-state index contributed by atoms with van der Waals surface area (Å²) in [5.41, 5.74) is -0.909. The Balaban J connectivity index is 0.000000171. The molecule has 0 unspecified atom stereocenters. The molecular formula is C22H38N2O6. The van der Waals surface area contributed by atoms with Gasteiger partial charge in [-0.1, -0.05) is 0 Å². The number of ether oxygens (including phenoxy) is 2. The lowest BCUT2D eigenvalue weighted by Gasteiger charge is -2.29. The van der Waals surface area contributed by atoms with E-state index in [2.05, 4.69) is 0 Å². The molecule has 0 spiro atoms. The van der Waals surface area contributed by atoms with Gasteiger partial charge in [0.25, 0.3) is 0 Å². The van der Waals surface area contributed by atoms with Crippen LogP contribution in [-0.2, 0) is 9.47 Å². The highest BCUT2D eigenvalue weighted by molar-refractivity contribution is 5.71. The van der Waals surface area contributed by atoms with Crippen LogP contribution in [0.15, 0.2) is 0 Å². The van der Waals surface area contributed by atoms with Crippen LogP contribution in [0.25, 0.3) is 0 Å². The molecule has 30 heavy (non-hydrogen) atoms. The zero-order valence-electron chi connectivity index (χ0n) is 19.1. The summed E-state index contributed by atoms with van der Waals surface area (Å²) in [5, 5.41) is 18.3. The van der Waals surface area contributed by atoms with Crippen molar-refractivity contribution < 1.29 is 29.3 Å². The smallest absolute Gasteiger partial charge is 0.410 e. The molecule has 0 aromatic rings. The molecule has 8 nitrogen and oxygen atoms in total. The van der Waals surface area contributed by atoms with Crippen LogP contribution in [0.5, 0.6) is 0 Å². The fourth-order valence-electron chi connectivity index (χ4n) is 4.64. The second kappa shape index (κ2) is 8.19. The van der Waals surface area contributed by atoms with Crippen LogP contribution in [0.2, 0.25) is 0 Å². The quantitative estimate of drug-likeness (QED) is 0.704. The second-order valence-electron chi connectivity index (χ2n) is 11.0. The molecule has 4 fully saturated rings. The molecule has 2 N–H and O–H groups in total. The molecule has 2 amide bonds. The van der Waals surface area contributed by atoms with Crippen LogP contribution in [0, 0.1) is 11.8 Å². The Hall–Kier alpha value is -1.54. The Bertz CT molecular complexity index is 599. The van der Waals surface area contributed by atoms with E-state index in [0.29, 0.717) is 23.9 Å². The summed E-state index contributed by atoms with van der Waals surface area (Å²) in [6, 6.07) is 0.612. The van der Waals surface area contributed by atoms with E-state index in [1.807, 2.05) is 41.5 Å². The first-order chi connectivity index (χ1) is 13.8. The first-order valence-corrected chi connectivity index (χ1v) is 11.1. The van der Waals surface area contributed by atoms with Crippen molar-refractivity contribution in [1.82, 2.24) is 9.80 Å². The third-order valence-corrected chi connectivity index (χ3v) is 6.05. The second-order valence-corrected chi connectivity index (χ2v) is 11.0. The van der Waals surface area contributed by atoms with Crippen molar-refractivity contribution in [3.8, 4) is 0 Å². The SMILES string of the molecule is CC(C)(C)OC(=O)N1[C@H](CO)C[C@@H]2C[C@@H]21.CC(C)(C)OC(=O)N1[C@H](CO)C[C@H]2C[C@H]21. The minimum absolute atomic E-state index is 0.0244. The van der Waals surface area contributed by atoms with Gasteiger partial charge in [-0.15, -0.1) is 0 Å². The number of likely N-dealkylation sites (tertiary alicyclic amines) is 2.